The van der Waals surface area contributed by atoms with Gasteiger partial charge < -0.3 is 5.32 Å². The Morgan fingerprint density at radius 2 is 0.911 bits per heavy atom. The van der Waals surface area contributed by atoms with E-state index in [0.717, 1.165) is 33.2 Å². The summed E-state index contributed by atoms with van der Waals surface area (Å²) in [6.07, 6.45) is 2.07. The molecule has 0 aliphatic carbocycles. The summed E-state index contributed by atoms with van der Waals surface area (Å²) in [6, 6.07) is 47.4. The summed E-state index contributed by atoms with van der Waals surface area (Å²) in [5.74, 6) is 0. The van der Waals surface area contributed by atoms with Gasteiger partial charge in [-0.15, -0.1) is 0 Å². The van der Waals surface area contributed by atoms with Crippen LogP contribution < -0.4 is 5.32 Å². The number of benzene rings is 6. The second-order valence-corrected chi connectivity index (χ2v) is 13.1. The normalized spacial score (nSPS) is 10.6. The number of rotatable bonds is 7. The molecular formula is C42H39Br2N. The Labute approximate surface area is 285 Å². The Morgan fingerprint density at radius 3 is 1.38 bits per heavy atom. The van der Waals surface area contributed by atoms with Crippen LogP contribution >= 0.6 is 31.9 Å². The van der Waals surface area contributed by atoms with E-state index in [1.54, 1.807) is 0 Å². The largest absolute Gasteiger partial charge is 0.356 e. The molecule has 0 saturated carbocycles. The molecule has 0 atom stereocenters. The molecule has 1 N–H and O–H groups in total. The highest BCUT2D eigenvalue weighted by Gasteiger charge is 2.07. The van der Waals surface area contributed by atoms with Crippen LogP contribution in [-0.2, 0) is 12.8 Å². The van der Waals surface area contributed by atoms with E-state index in [2.05, 4.69) is 192 Å². The summed E-state index contributed by atoms with van der Waals surface area (Å²) in [6.45, 7) is 8.69. The zero-order valence-electron chi connectivity index (χ0n) is 26.4. The van der Waals surface area contributed by atoms with Crippen LogP contribution in [-0.4, -0.2) is 0 Å². The van der Waals surface area contributed by atoms with E-state index in [4.69, 9.17) is 0 Å². The topological polar surface area (TPSA) is 12.0 Å². The summed E-state index contributed by atoms with van der Waals surface area (Å²) in [4.78, 5) is 0. The maximum atomic E-state index is 3.58. The van der Waals surface area contributed by atoms with Gasteiger partial charge in [-0.3, -0.25) is 0 Å². The molecule has 3 heteroatoms. The highest BCUT2D eigenvalue weighted by atomic mass is 79.9. The molecule has 0 aromatic heterocycles. The summed E-state index contributed by atoms with van der Waals surface area (Å²) in [5.41, 5.74) is 15.2. The van der Waals surface area contributed by atoms with Crippen molar-refractivity contribution in [3.05, 3.63) is 165 Å². The minimum Gasteiger partial charge on any atom is -0.356 e. The zero-order chi connectivity index (χ0) is 31.8. The second-order valence-electron chi connectivity index (χ2n) is 11.3. The zero-order valence-corrected chi connectivity index (χ0v) is 29.5. The third-order valence-corrected chi connectivity index (χ3v) is 9.03. The van der Waals surface area contributed by atoms with Gasteiger partial charge in [0.05, 0.1) is 0 Å². The Balaban J connectivity index is 0.000000223. The van der Waals surface area contributed by atoms with Crippen LogP contribution in [0.1, 0.15) is 36.1 Å². The van der Waals surface area contributed by atoms with Crippen LogP contribution in [0.15, 0.2) is 142 Å². The van der Waals surface area contributed by atoms with Gasteiger partial charge in [-0.05, 0) is 125 Å². The molecule has 6 rings (SSSR count). The van der Waals surface area contributed by atoms with Crippen molar-refractivity contribution in [3.63, 3.8) is 0 Å². The average Bonchev–Trinajstić information content (AvgIpc) is 3.06. The van der Waals surface area contributed by atoms with Crippen molar-refractivity contribution in [1.82, 2.24) is 0 Å². The average molecular weight is 718 g/mol. The van der Waals surface area contributed by atoms with Gasteiger partial charge in [-0.1, -0.05) is 136 Å². The first-order valence-electron chi connectivity index (χ1n) is 15.5. The highest BCUT2D eigenvalue weighted by molar-refractivity contribution is 9.10. The first-order chi connectivity index (χ1) is 21.8. The summed E-state index contributed by atoms with van der Waals surface area (Å²) >= 11 is 7.08. The van der Waals surface area contributed by atoms with Crippen LogP contribution in [0.3, 0.4) is 0 Å². The van der Waals surface area contributed by atoms with E-state index in [9.17, 15) is 0 Å². The van der Waals surface area contributed by atoms with E-state index in [-0.39, 0.29) is 0 Å². The molecule has 0 bridgehead atoms. The molecule has 226 valence electrons. The molecule has 0 radical (unpaired) electrons. The number of halogens is 2. The lowest BCUT2D eigenvalue weighted by Gasteiger charge is -2.12. The number of hydrogen-bond acceptors (Lipinski definition) is 1. The molecular weight excluding hydrogens is 678 g/mol. The van der Waals surface area contributed by atoms with Gasteiger partial charge in [0.1, 0.15) is 0 Å². The molecule has 0 aliphatic heterocycles. The highest BCUT2D eigenvalue weighted by Crippen LogP contribution is 2.31. The van der Waals surface area contributed by atoms with Crippen molar-refractivity contribution in [2.45, 2.75) is 40.5 Å². The van der Waals surface area contributed by atoms with E-state index in [1.807, 2.05) is 6.07 Å². The fourth-order valence-electron chi connectivity index (χ4n) is 5.66. The van der Waals surface area contributed by atoms with Gasteiger partial charge in [0.2, 0.25) is 0 Å². The molecule has 6 aromatic carbocycles. The van der Waals surface area contributed by atoms with Gasteiger partial charge in [0.15, 0.2) is 0 Å². The standard InChI is InChI=1S/C28H26BrN.C14H13Br/c1-4-21-18-24(29)10-16-28(21)23-8-13-26(14-9-23)30-25-11-6-22(7-12-25)27-15-5-19(2)17-20(27)3;1-2-11-10-13(15)8-9-14(11)12-6-4-3-5-7-12/h5-18,30H,4H2,1-3H3;3-10H,2H2,1H3. The van der Waals surface area contributed by atoms with Gasteiger partial charge in [-0.25, -0.2) is 0 Å². The first-order valence-corrected chi connectivity index (χ1v) is 17.1. The summed E-state index contributed by atoms with van der Waals surface area (Å²) in [7, 11) is 0. The first kappa shape index (κ1) is 32.5. The predicted octanol–water partition coefficient (Wildman–Crippen LogP) is 13.4. The van der Waals surface area contributed by atoms with E-state index in [0.29, 0.717) is 0 Å². The van der Waals surface area contributed by atoms with E-state index < -0.39 is 0 Å². The quantitative estimate of drug-likeness (QED) is 0.173. The molecule has 0 heterocycles. The fraction of sp³-hybridized carbons (Fsp3) is 0.143. The Hall–Kier alpha value is -3.92. The smallest absolute Gasteiger partial charge is 0.0384 e. The number of anilines is 2. The molecule has 0 aliphatic rings. The molecule has 0 amide bonds. The molecule has 0 saturated heterocycles. The third-order valence-electron chi connectivity index (χ3n) is 8.04. The van der Waals surface area contributed by atoms with Gasteiger partial charge in [-0.2, -0.15) is 0 Å². The SMILES string of the molecule is CCc1cc(Br)ccc1-c1ccc(Nc2ccc(-c3ccc(C)cc3C)cc2)cc1.CCc1cc(Br)ccc1-c1ccccc1. The maximum absolute atomic E-state index is 3.58. The lowest BCUT2D eigenvalue weighted by molar-refractivity contribution is 1.14. The van der Waals surface area contributed by atoms with Crippen LogP contribution in [0.2, 0.25) is 0 Å². The van der Waals surface area contributed by atoms with E-state index in [1.165, 1.54) is 55.6 Å². The predicted molar refractivity (Wildman–Crippen MR) is 203 cm³/mol. The molecule has 45 heavy (non-hydrogen) atoms. The van der Waals surface area contributed by atoms with Crippen molar-refractivity contribution in [2.75, 3.05) is 5.32 Å². The molecule has 0 spiro atoms. The third kappa shape index (κ3) is 8.42. The van der Waals surface area contributed by atoms with Crippen molar-refractivity contribution < 1.29 is 0 Å². The fourth-order valence-corrected chi connectivity index (χ4v) is 6.48. The summed E-state index contributed by atoms with van der Waals surface area (Å²) < 4.78 is 2.28. The van der Waals surface area contributed by atoms with Crippen molar-refractivity contribution in [1.29, 1.82) is 0 Å². The molecule has 0 unspecified atom stereocenters. The lowest BCUT2D eigenvalue weighted by Crippen LogP contribution is -1.92. The summed E-state index contributed by atoms with van der Waals surface area (Å²) in [5, 5.41) is 3.52. The van der Waals surface area contributed by atoms with Crippen molar-refractivity contribution in [2.24, 2.45) is 0 Å². The van der Waals surface area contributed by atoms with Crippen LogP contribution in [0.25, 0.3) is 33.4 Å². The van der Waals surface area contributed by atoms with Gasteiger partial charge in [0.25, 0.3) is 0 Å². The van der Waals surface area contributed by atoms with Crippen LogP contribution in [0, 0.1) is 13.8 Å². The Bertz CT molecular complexity index is 1860. The minimum absolute atomic E-state index is 1.02. The van der Waals surface area contributed by atoms with Gasteiger partial charge >= 0.3 is 0 Å². The molecule has 6 aromatic rings. The number of aryl methyl sites for hydroxylation is 4. The lowest BCUT2D eigenvalue weighted by atomic mass is 9.98. The molecule has 1 nitrogen and oxygen atoms in total. The van der Waals surface area contributed by atoms with Gasteiger partial charge in [0, 0.05) is 20.3 Å². The van der Waals surface area contributed by atoms with Crippen molar-refractivity contribution >= 4 is 43.2 Å². The van der Waals surface area contributed by atoms with Crippen LogP contribution in [0.5, 0.6) is 0 Å². The Morgan fingerprint density at radius 1 is 0.467 bits per heavy atom. The monoisotopic (exact) mass is 715 g/mol. The number of nitrogens with one attached hydrogen (secondary N) is 1. The second kappa shape index (κ2) is 15.4. The molecule has 0 fully saturated rings. The van der Waals surface area contributed by atoms with E-state index >= 15 is 0 Å². The maximum Gasteiger partial charge on any atom is 0.0384 e. The van der Waals surface area contributed by atoms with Crippen LogP contribution in [0.4, 0.5) is 11.4 Å². The minimum atomic E-state index is 1.02. The number of hydrogen-bond donors (Lipinski definition) is 1. The van der Waals surface area contributed by atoms with Crippen molar-refractivity contribution in [3.8, 4) is 33.4 Å². The Kier molecular flexibility index (Phi) is 11.1.